The fourth-order valence-electron chi connectivity index (χ4n) is 1.11. The standard InChI is InChI=1S/C10H18O2/c1-3-4-5-6-7-8-9-10(2)11-12-10/h8-9H,3-7H2,1-2H3. The fraction of sp³-hybridized carbons (Fsp3) is 0.800. The molecule has 0 unspecified atom stereocenters. The van der Waals surface area contributed by atoms with E-state index in [-0.39, 0.29) is 5.79 Å². The summed E-state index contributed by atoms with van der Waals surface area (Å²) in [5, 5.41) is 0. The average molecular weight is 170 g/mol. The van der Waals surface area contributed by atoms with Crippen LogP contribution in [0.2, 0.25) is 0 Å². The van der Waals surface area contributed by atoms with Crippen LogP contribution in [0.5, 0.6) is 0 Å². The maximum Gasteiger partial charge on any atom is 0.249 e. The van der Waals surface area contributed by atoms with Gasteiger partial charge in [0.1, 0.15) is 0 Å². The fourth-order valence-corrected chi connectivity index (χ4v) is 1.11. The molecule has 0 aromatic carbocycles. The Balaban J connectivity index is 1.91. The molecule has 2 nitrogen and oxygen atoms in total. The Bertz CT molecular complexity index is 148. The molecular formula is C10H18O2. The molecule has 1 aliphatic rings. The third kappa shape index (κ3) is 3.88. The summed E-state index contributed by atoms with van der Waals surface area (Å²) >= 11 is 0. The molecule has 1 rings (SSSR count). The van der Waals surface area contributed by atoms with E-state index in [0.717, 1.165) is 6.42 Å². The highest BCUT2D eigenvalue weighted by Crippen LogP contribution is 2.29. The van der Waals surface area contributed by atoms with Gasteiger partial charge >= 0.3 is 0 Å². The molecular weight excluding hydrogens is 152 g/mol. The van der Waals surface area contributed by atoms with E-state index >= 15 is 0 Å². The van der Waals surface area contributed by atoms with E-state index < -0.39 is 0 Å². The van der Waals surface area contributed by atoms with E-state index in [2.05, 4.69) is 13.0 Å². The van der Waals surface area contributed by atoms with Crippen LogP contribution >= 0.6 is 0 Å². The Hall–Kier alpha value is -0.340. The number of unbranched alkanes of at least 4 members (excludes halogenated alkanes) is 4. The van der Waals surface area contributed by atoms with Crippen LogP contribution in [0.1, 0.15) is 46.0 Å². The quantitative estimate of drug-likeness (QED) is 0.265. The van der Waals surface area contributed by atoms with Gasteiger partial charge in [-0.1, -0.05) is 32.3 Å². The third-order valence-corrected chi connectivity index (χ3v) is 1.99. The minimum Gasteiger partial charge on any atom is -0.190 e. The van der Waals surface area contributed by atoms with E-state index in [1.807, 2.05) is 13.0 Å². The summed E-state index contributed by atoms with van der Waals surface area (Å²) in [4.78, 5) is 9.47. The first-order valence-electron chi connectivity index (χ1n) is 4.81. The van der Waals surface area contributed by atoms with Gasteiger partial charge in [-0.25, -0.2) is 0 Å². The van der Waals surface area contributed by atoms with Gasteiger partial charge in [0.25, 0.3) is 0 Å². The molecule has 0 radical (unpaired) electrons. The van der Waals surface area contributed by atoms with E-state index in [1.54, 1.807) is 0 Å². The predicted octanol–water partition coefficient (Wildman–Crippen LogP) is 3.19. The number of hydrogen-bond acceptors (Lipinski definition) is 2. The second-order valence-corrected chi connectivity index (χ2v) is 3.43. The smallest absolute Gasteiger partial charge is 0.190 e. The Labute approximate surface area is 74.5 Å². The van der Waals surface area contributed by atoms with Crippen molar-refractivity contribution < 1.29 is 9.78 Å². The highest BCUT2D eigenvalue weighted by Gasteiger charge is 2.40. The zero-order valence-corrected chi connectivity index (χ0v) is 8.01. The van der Waals surface area contributed by atoms with Crippen molar-refractivity contribution in [1.29, 1.82) is 0 Å². The molecule has 0 N–H and O–H groups in total. The molecule has 1 aliphatic heterocycles. The van der Waals surface area contributed by atoms with Crippen LogP contribution in [-0.2, 0) is 9.78 Å². The summed E-state index contributed by atoms with van der Waals surface area (Å²) in [7, 11) is 0. The summed E-state index contributed by atoms with van der Waals surface area (Å²) in [6, 6.07) is 0. The normalized spacial score (nSPS) is 20.2. The van der Waals surface area contributed by atoms with Crippen LogP contribution < -0.4 is 0 Å². The van der Waals surface area contributed by atoms with Crippen molar-refractivity contribution in [3.8, 4) is 0 Å². The number of allylic oxidation sites excluding steroid dienone is 1. The second kappa shape index (κ2) is 4.63. The predicted molar refractivity (Wildman–Crippen MR) is 48.5 cm³/mol. The first kappa shape index (κ1) is 9.75. The molecule has 1 saturated heterocycles. The maximum absolute atomic E-state index is 4.74. The van der Waals surface area contributed by atoms with Crippen LogP contribution in [0.15, 0.2) is 12.2 Å². The minimum absolute atomic E-state index is 0.384. The van der Waals surface area contributed by atoms with E-state index in [0.29, 0.717) is 0 Å². The van der Waals surface area contributed by atoms with Gasteiger partial charge in [-0.05, 0) is 25.8 Å². The topological polar surface area (TPSA) is 25.1 Å². The highest BCUT2D eigenvalue weighted by atomic mass is 17.4. The maximum atomic E-state index is 4.74. The molecule has 0 amide bonds. The molecule has 0 saturated carbocycles. The largest absolute Gasteiger partial charge is 0.249 e. The van der Waals surface area contributed by atoms with Crippen LogP contribution in [0.3, 0.4) is 0 Å². The molecule has 0 aromatic rings. The second-order valence-electron chi connectivity index (χ2n) is 3.43. The van der Waals surface area contributed by atoms with Crippen molar-refractivity contribution in [3.05, 3.63) is 12.2 Å². The Morgan fingerprint density at radius 2 is 1.92 bits per heavy atom. The van der Waals surface area contributed by atoms with Crippen LogP contribution in [-0.4, -0.2) is 5.79 Å². The summed E-state index contributed by atoms with van der Waals surface area (Å²) < 4.78 is 0. The van der Waals surface area contributed by atoms with Crippen LogP contribution in [0.4, 0.5) is 0 Å². The molecule has 0 atom stereocenters. The lowest BCUT2D eigenvalue weighted by molar-refractivity contribution is 0.0850. The third-order valence-electron chi connectivity index (χ3n) is 1.99. The van der Waals surface area contributed by atoms with Gasteiger partial charge in [-0.15, -0.1) is 0 Å². The molecule has 2 heteroatoms. The van der Waals surface area contributed by atoms with E-state index in [4.69, 9.17) is 9.78 Å². The van der Waals surface area contributed by atoms with Gasteiger partial charge in [0, 0.05) is 0 Å². The highest BCUT2D eigenvalue weighted by molar-refractivity contribution is 4.96. The first-order chi connectivity index (χ1) is 5.77. The minimum atomic E-state index is -0.384. The number of rotatable bonds is 6. The molecule has 0 bridgehead atoms. The number of hydrogen-bond donors (Lipinski definition) is 0. The Morgan fingerprint density at radius 1 is 1.17 bits per heavy atom. The Kier molecular flexibility index (Phi) is 3.76. The lowest BCUT2D eigenvalue weighted by Crippen LogP contribution is -1.95. The zero-order valence-electron chi connectivity index (χ0n) is 8.01. The van der Waals surface area contributed by atoms with Crippen LogP contribution in [0, 0.1) is 0 Å². The monoisotopic (exact) mass is 170 g/mol. The van der Waals surface area contributed by atoms with Crippen molar-refractivity contribution in [2.45, 2.75) is 51.7 Å². The SMILES string of the molecule is CCCCCCC=CC1(C)OO1. The van der Waals surface area contributed by atoms with E-state index in [9.17, 15) is 0 Å². The summed E-state index contributed by atoms with van der Waals surface area (Å²) in [6.07, 6.45) is 10.5. The Morgan fingerprint density at radius 3 is 2.50 bits per heavy atom. The van der Waals surface area contributed by atoms with Crippen molar-refractivity contribution in [3.63, 3.8) is 0 Å². The molecule has 0 aromatic heterocycles. The molecule has 12 heavy (non-hydrogen) atoms. The first-order valence-corrected chi connectivity index (χ1v) is 4.81. The zero-order chi connectivity index (χ0) is 8.86. The van der Waals surface area contributed by atoms with Gasteiger partial charge in [-0.3, -0.25) is 0 Å². The van der Waals surface area contributed by atoms with Gasteiger partial charge < -0.3 is 0 Å². The van der Waals surface area contributed by atoms with Gasteiger partial charge in [0.05, 0.1) is 0 Å². The van der Waals surface area contributed by atoms with Gasteiger partial charge in [-0.2, -0.15) is 9.78 Å². The lowest BCUT2D eigenvalue weighted by atomic mass is 10.1. The van der Waals surface area contributed by atoms with Gasteiger partial charge in [0.2, 0.25) is 5.79 Å². The summed E-state index contributed by atoms with van der Waals surface area (Å²) in [6.45, 7) is 4.14. The molecule has 1 fully saturated rings. The molecule has 0 aliphatic carbocycles. The lowest BCUT2D eigenvalue weighted by Gasteiger charge is -1.94. The molecule has 1 heterocycles. The summed E-state index contributed by atoms with van der Waals surface area (Å²) in [5.41, 5.74) is 0. The average Bonchev–Trinajstić information content (AvgIpc) is 2.77. The molecule has 0 spiro atoms. The van der Waals surface area contributed by atoms with Crippen LogP contribution in [0.25, 0.3) is 0 Å². The van der Waals surface area contributed by atoms with Crippen molar-refractivity contribution in [1.82, 2.24) is 0 Å². The van der Waals surface area contributed by atoms with Crippen molar-refractivity contribution >= 4 is 0 Å². The van der Waals surface area contributed by atoms with Crippen molar-refractivity contribution in [2.75, 3.05) is 0 Å². The van der Waals surface area contributed by atoms with Crippen molar-refractivity contribution in [2.24, 2.45) is 0 Å². The van der Waals surface area contributed by atoms with E-state index in [1.165, 1.54) is 25.7 Å². The molecule has 70 valence electrons. The van der Waals surface area contributed by atoms with Gasteiger partial charge in [0.15, 0.2) is 0 Å². The summed E-state index contributed by atoms with van der Waals surface area (Å²) in [5.74, 6) is -0.384.